The fourth-order valence-corrected chi connectivity index (χ4v) is 2.22. The number of rotatable bonds is 4. The Hall–Kier alpha value is -1.87. The average molecular weight is 383 g/mol. The van der Waals surface area contributed by atoms with Crippen molar-refractivity contribution in [3.8, 4) is 0 Å². The number of tetrazole rings is 1. The van der Waals surface area contributed by atoms with E-state index in [0.717, 1.165) is 4.47 Å². The Balaban J connectivity index is 1.92. The van der Waals surface area contributed by atoms with Crippen LogP contribution in [0.15, 0.2) is 28.7 Å². The summed E-state index contributed by atoms with van der Waals surface area (Å²) in [5, 5.41) is 17.3. The fraction of sp³-hybridized carbons (Fsp3) is 0.308. The molecule has 9 heteroatoms. The fourth-order valence-electron chi connectivity index (χ4n) is 1.64. The van der Waals surface area contributed by atoms with Gasteiger partial charge in [0.05, 0.1) is 6.54 Å². The Bertz CT molecular complexity index is 687. The molecule has 0 saturated carbocycles. The van der Waals surface area contributed by atoms with Crippen LogP contribution in [0.3, 0.4) is 0 Å². The van der Waals surface area contributed by atoms with E-state index in [0.29, 0.717) is 18.0 Å². The second kappa shape index (κ2) is 7.41. The first-order valence-corrected chi connectivity index (χ1v) is 7.80. The predicted octanol–water partition coefficient (Wildman–Crippen LogP) is 2.22. The molecular formula is C13H15BrN6OS. The Kier molecular flexibility index (Phi) is 5.56. The predicted molar refractivity (Wildman–Crippen MR) is 90.5 cm³/mol. The van der Waals surface area contributed by atoms with E-state index in [4.69, 9.17) is 12.2 Å². The number of nitrogens with zero attached hydrogens (tertiary/aromatic N) is 4. The van der Waals surface area contributed by atoms with Crippen LogP contribution in [0.2, 0.25) is 0 Å². The van der Waals surface area contributed by atoms with E-state index in [1.165, 1.54) is 4.80 Å². The van der Waals surface area contributed by atoms with Crippen molar-refractivity contribution in [2.24, 2.45) is 5.92 Å². The van der Waals surface area contributed by atoms with Crippen LogP contribution < -0.4 is 10.6 Å². The van der Waals surface area contributed by atoms with Crippen molar-refractivity contribution in [3.05, 3.63) is 34.3 Å². The van der Waals surface area contributed by atoms with Crippen LogP contribution in [-0.4, -0.2) is 31.2 Å². The summed E-state index contributed by atoms with van der Waals surface area (Å²) >= 11 is 8.38. The molecule has 2 aromatic rings. The van der Waals surface area contributed by atoms with Gasteiger partial charge in [0.25, 0.3) is 11.9 Å². The number of anilines is 1. The lowest BCUT2D eigenvalue weighted by Gasteiger charge is -2.06. The molecule has 0 radical (unpaired) electrons. The van der Waals surface area contributed by atoms with Gasteiger partial charge in [0, 0.05) is 10.0 Å². The maximum Gasteiger partial charge on any atom is 0.269 e. The van der Waals surface area contributed by atoms with Gasteiger partial charge in [-0.2, -0.15) is 4.80 Å². The van der Waals surface area contributed by atoms with Crippen LogP contribution in [0, 0.1) is 5.92 Å². The molecule has 0 atom stereocenters. The summed E-state index contributed by atoms with van der Waals surface area (Å²) in [5.74, 6) is 0.346. The van der Waals surface area contributed by atoms with E-state index in [1.54, 1.807) is 18.2 Å². The van der Waals surface area contributed by atoms with Gasteiger partial charge in [0.1, 0.15) is 0 Å². The van der Waals surface area contributed by atoms with Gasteiger partial charge in [0.2, 0.25) is 0 Å². The molecule has 0 fully saturated rings. The third-order valence-electron chi connectivity index (χ3n) is 2.52. The molecule has 22 heavy (non-hydrogen) atoms. The van der Waals surface area contributed by atoms with Gasteiger partial charge >= 0.3 is 0 Å². The number of carbonyl (C=O) groups excluding carboxylic acids is 1. The zero-order valence-electron chi connectivity index (χ0n) is 12.1. The molecule has 116 valence electrons. The van der Waals surface area contributed by atoms with E-state index in [9.17, 15) is 4.79 Å². The highest BCUT2D eigenvalue weighted by Crippen LogP contribution is 2.11. The highest BCUT2D eigenvalue weighted by atomic mass is 79.9. The summed E-state index contributed by atoms with van der Waals surface area (Å²) in [6.45, 7) is 4.77. The molecule has 2 rings (SSSR count). The summed E-state index contributed by atoms with van der Waals surface area (Å²) in [6, 6.07) is 7.01. The quantitative estimate of drug-likeness (QED) is 0.788. The molecule has 1 heterocycles. The van der Waals surface area contributed by atoms with Gasteiger partial charge < -0.3 is 0 Å². The van der Waals surface area contributed by atoms with Crippen LogP contribution in [0.1, 0.15) is 24.2 Å². The number of halogens is 1. The first-order chi connectivity index (χ1) is 10.4. The van der Waals surface area contributed by atoms with Gasteiger partial charge in [-0.15, -0.1) is 5.10 Å². The van der Waals surface area contributed by atoms with E-state index >= 15 is 0 Å². The minimum absolute atomic E-state index is 0.120. The lowest BCUT2D eigenvalue weighted by atomic mass is 10.2. The number of carbonyl (C=O) groups is 1. The molecule has 1 aromatic heterocycles. The smallest absolute Gasteiger partial charge is 0.269 e. The maximum absolute atomic E-state index is 12.0. The van der Waals surface area contributed by atoms with Crippen LogP contribution in [0.5, 0.6) is 0 Å². The van der Waals surface area contributed by atoms with Gasteiger partial charge in [-0.05, 0) is 41.5 Å². The highest BCUT2D eigenvalue weighted by molar-refractivity contribution is 9.10. The maximum atomic E-state index is 12.0. The van der Waals surface area contributed by atoms with Crippen molar-refractivity contribution < 1.29 is 4.79 Å². The van der Waals surface area contributed by atoms with Gasteiger partial charge in [-0.25, -0.2) is 0 Å². The molecule has 2 N–H and O–H groups in total. The van der Waals surface area contributed by atoms with Crippen LogP contribution >= 0.6 is 28.1 Å². The largest absolute Gasteiger partial charge is 0.299 e. The van der Waals surface area contributed by atoms with Crippen molar-refractivity contribution in [2.75, 3.05) is 5.32 Å². The summed E-state index contributed by atoms with van der Waals surface area (Å²) in [6.07, 6.45) is 0. The Labute approximate surface area is 141 Å². The Morgan fingerprint density at radius 2 is 2.23 bits per heavy atom. The van der Waals surface area contributed by atoms with Crippen molar-refractivity contribution >= 4 is 45.1 Å². The molecule has 0 spiro atoms. The molecule has 0 unspecified atom stereocenters. The molecule has 0 saturated heterocycles. The number of amides is 1. The first kappa shape index (κ1) is 16.5. The minimum Gasteiger partial charge on any atom is -0.299 e. The highest BCUT2D eigenvalue weighted by Gasteiger charge is 2.10. The lowest BCUT2D eigenvalue weighted by molar-refractivity contribution is 0.0977. The van der Waals surface area contributed by atoms with Crippen LogP contribution in [0.25, 0.3) is 0 Å². The number of benzene rings is 1. The molecule has 1 amide bonds. The number of hydrogen-bond acceptors (Lipinski definition) is 5. The van der Waals surface area contributed by atoms with Crippen molar-refractivity contribution in [1.29, 1.82) is 0 Å². The zero-order valence-corrected chi connectivity index (χ0v) is 14.5. The topological polar surface area (TPSA) is 84.7 Å². The number of thiocarbonyl (C=S) groups is 1. The molecule has 1 aromatic carbocycles. The molecular weight excluding hydrogens is 368 g/mol. The van der Waals surface area contributed by atoms with Gasteiger partial charge in [-0.1, -0.05) is 40.9 Å². The average Bonchev–Trinajstić information content (AvgIpc) is 2.84. The SMILES string of the molecule is CC(C)Cn1nnc(NC(=S)NC(=O)c2cccc(Br)c2)n1. The molecule has 0 aliphatic carbocycles. The van der Waals surface area contributed by atoms with E-state index in [1.807, 2.05) is 6.07 Å². The zero-order chi connectivity index (χ0) is 16.1. The third-order valence-corrected chi connectivity index (χ3v) is 3.22. The van der Waals surface area contributed by atoms with Gasteiger partial charge in [0.15, 0.2) is 5.11 Å². The lowest BCUT2D eigenvalue weighted by Crippen LogP contribution is -2.34. The summed E-state index contributed by atoms with van der Waals surface area (Å²) < 4.78 is 0.817. The van der Waals surface area contributed by atoms with E-state index < -0.39 is 0 Å². The Morgan fingerprint density at radius 3 is 2.91 bits per heavy atom. The third kappa shape index (κ3) is 4.85. The second-order valence-electron chi connectivity index (χ2n) is 4.98. The summed E-state index contributed by atoms with van der Waals surface area (Å²) in [7, 11) is 0. The second-order valence-corrected chi connectivity index (χ2v) is 6.30. The number of nitrogens with one attached hydrogen (secondary N) is 2. The van der Waals surface area contributed by atoms with E-state index in [2.05, 4.69) is 55.8 Å². The molecule has 0 aliphatic heterocycles. The van der Waals surface area contributed by atoms with E-state index in [-0.39, 0.29) is 17.0 Å². The number of hydrogen-bond donors (Lipinski definition) is 2. The van der Waals surface area contributed by atoms with Gasteiger partial charge in [-0.3, -0.25) is 15.4 Å². The first-order valence-electron chi connectivity index (χ1n) is 6.59. The van der Waals surface area contributed by atoms with Crippen molar-refractivity contribution in [3.63, 3.8) is 0 Å². The monoisotopic (exact) mass is 382 g/mol. The van der Waals surface area contributed by atoms with Crippen LogP contribution in [-0.2, 0) is 6.54 Å². The van der Waals surface area contributed by atoms with Crippen LogP contribution in [0.4, 0.5) is 5.95 Å². The Morgan fingerprint density at radius 1 is 1.45 bits per heavy atom. The van der Waals surface area contributed by atoms with Crippen molar-refractivity contribution in [2.45, 2.75) is 20.4 Å². The minimum atomic E-state index is -0.312. The molecule has 0 aliphatic rings. The number of aromatic nitrogens is 4. The normalized spacial score (nSPS) is 10.5. The molecule has 7 nitrogen and oxygen atoms in total. The standard InChI is InChI=1S/C13H15BrN6OS/c1-8(2)7-20-18-12(17-19-20)16-13(22)15-11(21)9-4-3-5-10(14)6-9/h3-6,8H,7H2,1-2H3,(H2,15,16,18,21,22). The summed E-state index contributed by atoms with van der Waals surface area (Å²) in [4.78, 5) is 13.5. The van der Waals surface area contributed by atoms with Crippen molar-refractivity contribution in [1.82, 2.24) is 25.5 Å². The summed E-state index contributed by atoms with van der Waals surface area (Å²) in [5.41, 5.74) is 0.495. The molecule has 0 bridgehead atoms.